The average molecular weight is 401 g/mol. The standard InChI is InChI=1S/C21H24N2O4S/c1-5-26-8-9-27-21(25)15(4)23-12-22-19-18(20(23)24)17(11-28-19)16-7-6-13(2)14(3)10-16/h6-7,10-12,15H,5,8-9H2,1-4H3/t15-/m0/s1. The molecule has 0 amide bonds. The normalized spacial score (nSPS) is 12.3. The number of hydrogen-bond acceptors (Lipinski definition) is 6. The van der Waals surface area contributed by atoms with E-state index in [0.29, 0.717) is 23.4 Å². The van der Waals surface area contributed by atoms with Crippen molar-refractivity contribution >= 4 is 27.5 Å². The Morgan fingerprint density at radius 1 is 1.25 bits per heavy atom. The van der Waals surface area contributed by atoms with Crippen LogP contribution < -0.4 is 5.56 Å². The van der Waals surface area contributed by atoms with E-state index in [2.05, 4.69) is 18.0 Å². The number of nitrogens with zero attached hydrogens (tertiary/aromatic N) is 2. The number of esters is 1. The molecule has 0 saturated carbocycles. The van der Waals surface area contributed by atoms with Crippen molar-refractivity contribution < 1.29 is 14.3 Å². The molecular formula is C21H24N2O4S. The van der Waals surface area contributed by atoms with Crippen LogP contribution in [0.2, 0.25) is 0 Å². The predicted molar refractivity (Wildman–Crippen MR) is 111 cm³/mol. The summed E-state index contributed by atoms with van der Waals surface area (Å²) in [5, 5.41) is 2.48. The number of carbonyl (C=O) groups excluding carboxylic acids is 1. The van der Waals surface area contributed by atoms with Crippen LogP contribution in [0.5, 0.6) is 0 Å². The predicted octanol–water partition coefficient (Wildman–Crippen LogP) is 3.88. The summed E-state index contributed by atoms with van der Waals surface area (Å²) in [5.41, 5.74) is 3.92. The third-order valence-corrected chi connectivity index (χ3v) is 5.66. The van der Waals surface area contributed by atoms with Crippen LogP contribution in [0.1, 0.15) is 31.0 Å². The van der Waals surface area contributed by atoms with Gasteiger partial charge in [-0.05, 0) is 44.4 Å². The van der Waals surface area contributed by atoms with E-state index in [1.165, 1.54) is 27.8 Å². The zero-order valence-corrected chi connectivity index (χ0v) is 17.3. The Bertz CT molecular complexity index is 1050. The van der Waals surface area contributed by atoms with Crippen molar-refractivity contribution in [3.05, 3.63) is 51.4 Å². The van der Waals surface area contributed by atoms with Gasteiger partial charge in [-0.15, -0.1) is 11.3 Å². The average Bonchev–Trinajstić information content (AvgIpc) is 3.12. The van der Waals surface area contributed by atoms with Crippen LogP contribution in [0.15, 0.2) is 34.7 Å². The molecule has 7 heteroatoms. The maximum absolute atomic E-state index is 13.2. The minimum Gasteiger partial charge on any atom is -0.462 e. The number of fused-ring (bicyclic) bond motifs is 1. The molecule has 0 aliphatic heterocycles. The van der Waals surface area contributed by atoms with Gasteiger partial charge in [-0.25, -0.2) is 9.78 Å². The van der Waals surface area contributed by atoms with Crippen molar-refractivity contribution in [2.24, 2.45) is 0 Å². The van der Waals surface area contributed by atoms with Crippen LogP contribution in [0.25, 0.3) is 21.3 Å². The fraction of sp³-hybridized carbons (Fsp3) is 0.381. The van der Waals surface area contributed by atoms with Crippen molar-refractivity contribution in [1.29, 1.82) is 0 Å². The van der Waals surface area contributed by atoms with Crippen LogP contribution in [-0.4, -0.2) is 35.3 Å². The summed E-state index contributed by atoms with van der Waals surface area (Å²) in [4.78, 5) is 30.5. The molecule has 28 heavy (non-hydrogen) atoms. The van der Waals surface area contributed by atoms with E-state index in [9.17, 15) is 9.59 Å². The second-order valence-corrected chi connectivity index (χ2v) is 7.48. The van der Waals surface area contributed by atoms with Crippen molar-refractivity contribution in [3.63, 3.8) is 0 Å². The van der Waals surface area contributed by atoms with E-state index >= 15 is 0 Å². The molecule has 1 atom stereocenters. The summed E-state index contributed by atoms with van der Waals surface area (Å²) in [5.74, 6) is -0.481. The zero-order chi connectivity index (χ0) is 20.3. The zero-order valence-electron chi connectivity index (χ0n) is 16.5. The molecule has 3 rings (SSSR count). The number of rotatable bonds is 7. The van der Waals surface area contributed by atoms with E-state index in [1.54, 1.807) is 6.92 Å². The molecule has 0 N–H and O–H groups in total. The van der Waals surface area contributed by atoms with Gasteiger partial charge in [0.05, 0.1) is 18.3 Å². The van der Waals surface area contributed by atoms with Gasteiger partial charge in [0, 0.05) is 17.6 Å². The van der Waals surface area contributed by atoms with Gasteiger partial charge in [0.2, 0.25) is 0 Å². The lowest BCUT2D eigenvalue weighted by Crippen LogP contribution is -2.30. The monoisotopic (exact) mass is 400 g/mol. The van der Waals surface area contributed by atoms with E-state index in [0.717, 1.165) is 16.7 Å². The van der Waals surface area contributed by atoms with E-state index in [-0.39, 0.29) is 12.2 Å². The number of thiophene rings is 1. The molecule has 1 aromatic carbocycles. The van der Waals surface area contributed by atoms with Crippen LogP contribution in [0.4, 0.5) is 0 Å². The molecule has 3 aromatic rings. The summed E-state index contributed by atoms with van der Waals surface area (Å²) in [6, 6.07) is 5.35. The number of carbonyl (C=O) groups is 1. The third-order valence-electron chi connectivity index (χ3n) is 4.77. The van der Waals surface area contributed by atoms with Gasteiger partial charge < -0.3 is 9.47 Å². The van der Waals surface area contributed by atoms with Gasteiger partial charge in [0.1, 0.15) is 17.5 Å². The Labute approximate surface area is 167 Å². The molecule has 0 bridgehead atoms. The molecule has 0 radical (unpaired) electrons. The molecule has 0 unspecified atom stereocenters. The number of benzene rings is 1. The molecule has 0 aliphatic carbocycles. The maximum Gasteiger partial charge on any atom is 0.329 e. The molecule has 0 fully saturated rings. The summed E-state index contributed by atoms with van der Waals surface area (Å²) in [7, 11) is 0. The molecule has 0 spiro atoms. The third kappa shape index (κ3) is 4.00. The van der Waals surface area contributed by atoms with Gasteiger partial charge in [-0.3, -0.25) is 9.36 Å². The second-order valence-electron chi connectivity index (χ2n) is 6.63. The molecule has 6 nitrogen and oxygen atoms in total. The Morgan fingerprint density at radius 3 is 2.75 bits per heavy atom. The van der Waals surface area contributed by atoms with Crippen LogP contribution in [0, 0.1) is 13.8 Å². The minimum atomic E-state index is -0.765. The molecule has 2 aromatic heterocycles. The highest BCUT2D eigenvalue weighted by Gasteiger charge is 2.21. The number of ether oxygens (including phenoxy) is 2. The summed E-state index contributed by atoms with van der Waals surface area (Å²) >= 11 is 1.42. The first-order valence-corrected chi connectivity index (χ1v) is 10.1. The van der Waals surface area contributed by atoms with Crippen LogP contribution >= 0.6 is 11.3 Å². The van der Waals surface area contributed by atoms with Gasteiger partial charge in [-0.2, -0.15) is 0 Å². The highest BCUT2D eigenvalue weighted by Crippen LogP contribution is 2.31. The Balaban J connectivity index is 1.95. The second kappa shape index (κ2) is 8.67. The lowest BCUT2D eigenvalue weighted by Gasteiger charge is -2.14. The number of aromatic nitrogens is 2. The van der Waals surface area contributed by atoms with Gasteiger partial charge >= 0.3 is 5.97 Å². The van der Waals surface area contributed by atoms with E-state index in [4.69, 9.17) is 9.47 Å². The Kier molecular flexibility index (Phi) is 6.26. The summed E-state index contributed by atoms with van der Waals surface area (Å²) in [6.45, 7) is 8.67. The smallest absolute Gasteiger partial charge is 0.329 e. The lowest BCUT2D eigenvalue weighted by molar-refractivity contribution is -0.148. The molecule has 0 aliphatic rings. The largest absolute Gasteiger partial charge is 0.462 e. The molecular weight excluding hydrogens is 376 g/mol. The summed E-state index contributed by atoms with van der Waals surface area (Å²) < 4.78 is 11.7. The first kappa shape index (κ1) is 20.2. The lowest BCUT2D eigenvalue weighted by atomic mass is 10.0. The maximum atomic E-state index is 13.2. The minimum absolute atomic E-state index is 0.160. The number of aryl methyl sites for hydroxylation is 2. The summed E-state index contributed by atoms with van der Waals surface area (Å²) in [6.07, 6.45) is 1.42. The van der Waals surface area contributed by atoms with E-state index in [1.807, 2.05) is 31.4 Å². The molecule has 0 saturated heterocycles. The van der Waals surface area contributed by atoms with Gasteiger partial charge in [-0.1, -0.05) is 18.2 Å². The fourth-order valence-electron chi connectivity index (χ4n) is 2.92. The van der Waals surface area contributed by atoms with Crippen molar-refractivity contribution in [1.82, 2.24) is 9.55 Å². The topological polar surface area (TPSA) is 70.4 Å². The Hall–Kier alpha value is -2.51. The van der Waals surface area contributed by atoms with Crippen molar-refractivity contribution in [2.45, 2.75) is 33.7 Å². The fourth-order valence-corrected chi connectivity index (χ4v) is 3.83. The Morgan fingerprint density at radius 2 is 2.04 bits per heavy atom. The van der Waals surface area contributed by atoms with Crippen molar-refractivity contribution in [2.75, 3.05) is 19.8 Å². The van der Waals surface area contributed by atoms with Gasteiger partial charge in [0.15, 0.2) is 0 Å². The van der Waals surface area contributed by atoms with Gasteiger partial charge in [0.25, 0.3) is 5.56 Å². The highest BCUT2D eigenvalue weighted by molar-refractivity contribution is 7.17. The van der Waals surface area contributed by atoms with Crippen LogP contribution in [0.3, 0.4) is 0 Å². The molecule has 2 heterocycles. The van der Waals surface area contributed by atoms with E-state index < -0.39 is 12.0 Å². The highest BCUT2D eigenvalue weighted by atomic mass is 32.1. The first-order valence-electron chi connectivity index (χ1n) is 9.24. The number of hydrogen-bond donors (Lipinski definition) is 0. The van der Waals surface area contributed by atoms with Crippen LogP contribution in [-0.2, 0) is 14.3 Å². The molecule has 148 valence electrons. The first-order chi connectivity index (χ1) is 13.4. The SMILES string of the molecule is CCOCCOC(=O)[C@H](C)n1cnc2scc(-c3ccc(C)c(C)c3)c2c1=O. The quantitative estimate of drug-likeness (QED) is 0.445. The van der Waals surface area contributed by atoms with Crippen molar-refractivity contribution in [3.8, 4) is 11.1 Å².